The normalized spacial score (nSPS) is 18.0. The monoisotopic (exact) mass is 343 g/mol. The molecular weight excluding hydrogens is 330 g/mol. The van der Waals surface area contributed by atoms with Crippen molar-refractivity contribution in [1.29, 1.82) is 0 Å². The summed E-state index contributed by atoms with van der Waals surface area (Å²) in [6.45, 7) is 0.965. The molecule has 0 aliphatic carbocycles. The van der Waals surface area contributed by atoms with E-state index in [0.717, 1.165) is 29.1 Å². The number of halogens is 1. The number of fused-ring (bicyclic) bond motifs is 1. The minimum absolute atomic E-state index is 0.125. The second-order valence-electron chi connectivity index (χ2n) is 4.78. The molecule has 0 saturated heterocycles. The molecule has 112 valence electrons. The highest BCUT2D eigenvalue weighted by Crippen LogP contribution is 2.33. The minimum Gasteiger partial charge on any atom is -0.493 e. The number of hydrogen-bond acceptors (Lipinski definition) is 4. The van der Waals surface area contributed by atoms with E-state index < -0.39 is 10.0 Å². The van der Waals surface area contributed by atoms with Crippen molar-refractivity contribution in [2.45, 2.75) is 16.5 Å². The van der Waals surface area contributed by atoms with E-state index >= 15 is 0 Å². The first-order chi connectivity index (χ1) is 10.1. The summed E-state index contributed by atoms with van der Waals surface area (Å²) < 4.78 is 33.4. The SMILES string of the molecule is O=S(=O)(NCC1CCOc2ccccc21)c1ccc(Cl)s1. The lowest BCUT2D eigenvalue weighted by atomic mass is 9.93. The molecule has 1 aromatic heterocycles. The topological polar surface area (TPSA) is 55.4 Å². The molecule has 2 heterocycles. The lowest BCUT2D eigenvalue weighted by Gasteiger charge is -2.25. The van der Waals surface area contributed by atoms with Crippen LogP contribution in [0.3, 0.4) is 0 Å². The average Bonchev–Trinajstić information content (AvgIpc) is 2.93. The zero-order valence-corrected chi connectivity index (χ0v) is 13.5. The molecule has 1 aromatic carbocycles. The Balaban J connectivity index is 1.74. The molecule has 0 spiro atoms. The third-order valence-electron chi connectivity index (χ3n) is 3.42. The van der Waals surface area contributed by atoms with Gasteiger partial charge in [0.15, 0.2) is 0 Å². The molecule has 0 radical (unpaired) electrons. The molecule has 1 aliphatic heterocycles. The molecule has 0 saturated carbocycles. The van der Waals surface area contributed by atoms with Crippen molar-refractivity contribution < 1.29 is 13.2 Å². The number of benzene rings is 1. The van der Waals surface area contributed by atoms with E-state index in [0.29, 0.717) is 17.5 Å². The summed E-state index contributed by atoms with van der Waals surface area (Å²) >= 11 is 6.85. The van der Waals surface area contributed by atoms with E-state index in [-0.39, 0.29) is 10.1 Å². The zero-order chi connectivity index (χ0) is 14.9. The first-order valence-corrected chi connectivity index (χ1v) is 9.21. The minimum atomic E-state index is -3.50. The first-order valence-electron chi connectivity index (χ1n) is 6.53. The smallest absolute Gasteiger partial charge is 0.250 e. The Bertz CT molecular complexity index is 742. The average molecular weight is 344 g/mol. The summed E-state index contributed by atoms with van der Waals surface area (Å²) in [7, 11) is -3.50. The Hall–Kier alpha value is -1.08. The van der Waals surface area contributed by atoms with Crippen molar-refractivity contribution in [2.75, 3.05) is 13.2 Å². The van der Waals surface area contributed by atoms with Crippen LogP contribution in [0.4, 0.5) is 0 Å². The number of thiophene rings is 1. The summed E-state index contributed by atoms with van der Waals surface area (Å²) in [5.41, 5.74) is 1.05. The Morgan fingerprint density at radius 2 is 2.10 bits per heavy atom. The van der Waals surface area contributed by atoms with E-state index in [1.165, 1.54) is 6.07 Å². The van der Waals surface area contributed by atoms with Gasteiger partial charge in [-0.3, -0.25) is 0 Å². The van der Waals surface area contributed by atoms with Crippen molar-refractivity contribution in [3.8, 4) is 5.75 Å². The molecule has 21 heavy (non-hydrogen) atoms. The van der Waals surface area contributed by atoms with Gasteiger partial charge in [0, 0.05) is 12.5 Å². The highest BCUT2D eigenvalue weighted by atomic mass is 35.5. The van der Waals surface area contributed by atoms with Gasteiger partial charge in [-0.25, -0.2) is 13.1 Å². The molecular formula is C14H14ClNO3S2. The van der Waals surface area contributed by atoms with Crippen LogP contribution in [-0.4, -0.2) is 21.6 Å². The van der Waals surface area contributed by atoms with Gasteiger partial charge in [-0.05, 0) is 30.2 Å². The number of sulfonamides is 1. The Morgan fingerprint density at radius 3 is 2.86 bits per heavy atom. The molecule has 1 aliphatic rings. The molecule has 0 amide bonds. The third kappa shape index (κ3) is 3.23. The largest absolute Gasteiger partial charge is 0.493 e. The van der Waals surface area contributed by atoms with Crippen LogP contribution in [0.2, 0.25) is 4.34 Å². The fraction of sp³-hybridized carbons (Fsp3) is 0.286. The van der Waals surface area contributed by atoms with Gasteiger partial charge in [-0.1, -0.05) is 29.8 Å². The van der Waals surface area contributed by atoms with Crippen molar-refractivity contribution >= 4 is 33.0 Å². The van der Waals surface area contributed by atoms with E-state index in [1.54, 1.807) is 6.07 Å². The van der Waals surface area contributed by atoms with Gasteiger partial charge in [0.2, 0.25) is 10.0 Å². The number of nitrogens with one attached hydrogen (secondary N) is 1. The fourth-order valence-electron chi connectivity index (χ4n) is 2.35. The van der Waals surface area contributed by atoms with Crippen molar-refractivity contribution in [3.05, 3.63) is 46.3 Å². The molecule has 1 N–H and O–H groups in total. The van der Waals surface area contributed by atoms with Crippen LogP contribution in [0.5, 0.6) is 5.75 Å². The molecule has 7 heteroatoms. The highest BCUT2D eigenvalue weighted by Gasteiger charge is 2.24. The maximum absolute atomic E-state index is 12.2. The van der Waals surface area contributed by atoms with E-state index in [1.807, 2.05) is 24.3 Å². The lowest BCUT2D eigenvalue weighted by molar-refractivity contribution is 0.267. The summed E-state index contributed by atoms with van der Waals surface area (Å²) in [4.78, 5) is 0. The van der Waals surface area contributed by atoms with Gasteiger partial charge < -0.3 is 4.74 Å². The third-order valence-corrected chi connectivity index (χ3v) is 6.56. The standard InChI is InChI=1S/C14H14ClNO3S2/c15-13-5-6-14(20-13)21(17,18)16-9-10-7-8-19-12-4-2-1-3-11(10)12/h1-6,10,16H,7-9H2. The van der Waals surface area contributed by atoms with Crippen LogP contribution in [0.1, 0.15) is 17.9 Å². The molecule has 4 nitrogen and oxygen atoms in total. The summed E-state index contributed by atoms with van der Waals surface area (Å²) in [6.07, 6.45) is 0.796. The van der Waals surface area contributed by atoms with Crippen molar-refractivity contribution in [3.63, 3.8) is 0 Å². The van der Waals surface area contributed by atoms with E-state index in [2.05, 4.69) is 4.72 Å². The van der Waals surface area contributed by atoms with Gasteiger partial charge in [-0.15, -0.1) is 11.3 Å². The van der Waals surface area contributed by atoms with Crippen LogP contribution in [0, 0.1) is 0 Å². The highest BCUT2D eigenvalue weighted by molar-refractivity contribution is 7.91. The quantitative estimate of drug-likeness (QED) is 0.927. The molecule has 2 aromatic rings. The van der Waals surface area contributed by atoms with Gasteiger partial charge in [0.05, 0.1) is 10.9 Å². The van der Waals surface area contributed by atoms with E-state index in [9.17, 15) is 8.42 Å². The Kier molecular flexibility index (Phi) is 4.21. The number of rotatable bonds is 4. The molecule has 1 atom stereocenters. The number of ether oxygens (including phenoxy) is 1. The maximum Gasteiger partial charge on any atom is 0.250 e. The van der Waals surface area contributed by atoms with Gasteiger partial charge in [-0.2, -0.15) is 0 Å². The number of para-hydroxylation sites is 1. The van der Waals surface area contributed by atoms with Crippen LogP contribution < -0.4 is 9.46 Å². The molecule has 0 bridgehead atoms. The molecule has 0 fully saturated rings. The van der Waals surface area contributed by atoms with Crippen molar-refractivity contribution in [2.24, 2.45) is 0 Å². The summed E-state index contributed by atoms with van der Waals surface area (Å²) in [5, 5.41) is 0. The van der Waals surface area contributed by atoms with Crippen LogP contribution in [-0.2, 0) is 10.0 Å². The van der Waals surface area contributed by atoms with Gasteiger partial charge in [0.25, 0.3) is 0 Å². The predicted octanol–water partition coefficient (Wildman–Crippen LogP) is 3.25. The van der Waals surface area contributed by atoms with E-state index in [4.69, 9.17) is 16.3 Å². The maximum atomic E-state index is 12.2. The molecule has 3 rings (SSSR count). The van der Waals surface area contributed by atoms with Crippen LogP contribution >= 0.6 is 22.9 Å². The van der Waals surface area contributed by atoms with Crippen molar-refractivity contribution in [1.82, 2.24) is 4.72 Å². The summed E-state index contributed by atoms with van der Waals surface area (Å²) in [6, 6.07) is 10.9. The zero-order valence-electron chi connectivity index (χ0n) is 11.1. The fourth-order valence-corrected chi connectivity index (χ4v) is 4.96. The second kappa shape index (κ2) is 5.96. The lowest BCUT2D eigenvalue weighted by Crippen LogP contribution is -2.30. The van der Waals surface area contributed by atoms with Gasteiger partial charge >= 0.3 is 0 Å². The van der Waals surface area contributed by atoms with Gasteiger partial charge in [0.1, 0.15) is 9.96 Å². The predicted molar refractivity (Wildman–Crippen MR) is 83.8 cm³/mol. The van der Waals surface area contributed by atoms with Crippen LogP contribution in [0.25, 0.3) is 0 Å². The second-order valence-corrected chi connectivity index (χ2v) is 8.49. The number of hydrogen-bond donors (Lipinski definition) is 1. The summed E-state index contributed by atoms with van der Waals surface area (Å²) in [5.74, 6) is 0.965. The first kappa shape index (κ1) is 14.8. The molecule has 1 unspecified atom stereocenters. The van der Waals surface area contributed by atoms with Crippen LogP contribution in [0.15, 0.2) is 40.6 Å². The Morgan fingerprint density at radius 1 is 1.29 bits per heavy atom. The Labute approximate surface area is 132 Å².